The lowest BCUT2D eigenvalue weighted by molar-refractivity contribution is 0.102. The number of amides is 1. The maximum Gasteiger partial charge on any atom is 0.257 e. The molecule has 0 aliphatic rings. The molecule has 3 aromatic carbocycles. The molecule has 4 rings (SSSR count). The van der Waals surface area contributed by atoms with Crippen LogP contribution >= 0.6 is 22.9 Å². The number of nitrogens with one attached hydrogen (secondary N) is 1. The van der Waals surface area contributed by atoms with E-state index in [4.69, 9.17) is 16.3 Å². The molecule has 6 heteroatoms. The van der Waals surface area contributed by atoms with Crippen LogP contribution in [0.25, 0.3) is 10.2 Å². The zero-order valence-corrected chi connectivity index (χ0v) is 15.8. The van der Waals surface area contributed by atoms with E-state index < -0.39 is 0 Å². The second kappa shape index (κ2) is 7.78. The van der Waals surface area contributed by atoms with Gasteiger partial charge in [0, 0.05) is 10.6 Å². The molecule has 4 nitrogen and oxygen atoms in total. The van der Waals surface area contributed by atoms with Gasteiger partial charge in [-0.1, -0.05) is 59.3 Å². The van der Waals surface area contributed by atoms with Crippen LogP contribution < -0.4 is 10.1 Å². The summed E-state index contributed by atoms with van der Waals surface area (Å²) in [5.74, 6) is 0.410. The van der Waals surface area contributed by atoms with Gasteiger partial charge in [-0.15, -0.1) is 0 Å². The summed E-state index contributed by atoms with van der Waals surface area (Å²) in [5, 5.41) is 4.02. The number of rotatable bonds is 5. The number of fused-ring (bicyclic) bond motifs is 1. The number of carbonyl (C=O) groups excluding carboxylic acids is 1. The fraction of sp³-hybridized carbons (Fsp3) is 0.0476. The maximum absolute atomic E-state index is 12.6. The van der Waals surface area contributed by atoms with E-state index in [-0.39, 0.29) is 5.91 Å². The summed E-state index contributed by atoms with van der Waals surface area (Å²) in [4.78, 5) is 17.0. The van der Waals surface area contributed by atoms with Crippen molar-refractivity contribution in [1.29, 1.82) is 0 Å². The number of carbonyl (C=O) groups is 1. The minimum atomic E-state index is -0.231. The zero-order valence-electron chi connectivity index (χ0n) is 14.2. The van der Waals surface area contributed by atoms with Gasteiger partial charge in [0.15, 0.2) is 5.13 Å². The molecule has 0 unspecified atom stereocenters. The molecule has 1 amide bonds. The lowest BCUT2D eigenvalue weighted by atomic mass is 10.2. The monoisotopic (exact) mass is 394 g/mol. The number of anilines is 1. The Morgan fingerprint density at radius 2 is 1.89 bits per heavy atom. The molecule has 0 fully saturated rings. The second-order valence-electron chi connectivity index (χ2n) is 5.89. The summed E-state index contributed by atoms with van der Waals surface area (Å²) in [6.07, 6.45) is 0. The van der Waals surface area contributed by atoms with Gasteiger partial charge in [0.2, 0.25) is 0 Å². The molecule has 4 aromatic rings. The largest absolute Gasteiger partial charge is 0.489 e. The van der Waals surface area contributed by atoms with Gasteiger partial charge in [-0.3, -0.25) is 10.1 Å². The highest BCUT2D eigenvalue weighted by Gasteiger charge is 2.11. The lowest BCUT2D eigenvalue weighted by Crippen LogP contribution is -2.11. The van der Waals surface area contributed by atoms with E-state index in [1.807, 2.05) is 48.5 Å². The van der Waals surface area contributed by atoms with Crippen molar-refractivity contribution in [1.82, 2.24) is 4.98 Å². The average Bonchev–Trinajstić information content (AvgIpc) is 3.08. The molecule has 1 aromatic heterocycles. The van der Waals surface area contributed by atoms with Crippen molar-refractivity contribution in [3.63, 3.8) is 0 Å². The highest BCUT2D eigenvalue weighted by atomic mass is 35.5. The first-order chi connectivity index (χ1) is 13.2. The van der Waals surface area contributed by atoms with Crippen LogP contribution in [0.1, 0.15) is 15.9 Å². The third kappa shape index (κ3) is 4.27. The number of thiazole rings is 1. The van der Waals surface area contributed by atoms with E-state index in [1.54, 1.807) is 24.3 Å². The zero-order chi connectivity index (χ0) is 18.6. The maximum atomic E-state index is 12.6. The first-order valence-corrected chi connectivity index (χ1v) is 9.51. The van der Waals surface area contributed by atoms with E-state index in [9.17, 15) is 4.79 Å². The van der Waals surface area contributed by atoms with Crippen LogP contribution in [0.5, 0.6) is 5.75 Å². The van der Waals surface area contributed by atoms with Gasteiger partial charge < -0.3 is 4.74 Å². The Balaban J connectivity index is 1.46. The molecule has 0 radical (unpaired) electrons. The van der Waals surface area contributed by atoms with Crippen LogP contribution in [-0.4, -0.2) is 10.9 Å². The summed E-state index contributed by atoms with van der Waals surface area (Å²) in [6.45, 7) is 0.449. The summed E-state index contributed by atoms with van der Waals surface area (Å²) < 4.78 is 6.72. The van der Waals surface area contributed by atoms with Gasteiger partial charge in [-0.25, -0.2) is 4.98 Å². The first-order valence-electron chi connectivity index (χ1n) is 8.32. The van der Waals surface area contributed by atoms with Crippen molar-refractivity contribution in [2.75, 3.05) is 5.32 Å². The summed E-state index contributed by atoms with van der Waals surface area (Å²) in [7, 11) is 0. The Hall–Kier alpha value is -2.89. The average molecular weight is 395 g/mol. The molecular weight excluding hydrogens is 380 g/mol. The number of nitrogens with zero attached hydrogens (tertiary/aromatic N) is 1. The van der Waals surface area contributed by atoms with Gasteiger partial charge in [0.05, 0.1) is 10.2 Å². The number of benzene rings is 3. The van der Waals surface area contributed by atoms with Crippen molar-refractivity contribution in [2.45, 2.75) is 6.61 Å². The van der Waals surface area contributed by atoms with Crippen molar-refractivity contribution in [2.24, 2.45) is 0 Å². The number of aromatic nitrogens is 1. The normalized spacial score (nSPS) is 10.7. The summed E-state index contributed by atoms with van der Waals surface area (Å²) in [6, 6.07) is 22.4. The third-order valence-corrected chi connectivity index (χ3v) is 5.08. The Labute approximate surface area is 165 Å². The van der Waals surface area contributed by atoms with E-state index in [1.165, 1.54) is 11.3 Å². The van der Waals surface area contributed by atoms with Crippen LogP contribution in [0.15, 0.2) is 72.8 Å². The first kappa shape index (κ1) is 17.5. The molecule has 1 N–H and O–H groups in total. The number of halogens is 1. The molecule has 0 bridgehead atoms. The minimum absolute atomic E-state index is 0.231. The SMILES string of the molecule is O=C(Nc1nc2ccc(Cl)cc2s1)c1cccc(OCc2ccccc2)c1. The molecule has 0 aliphatic carbocycles. The Morgan fingerprint density at radius 3 is 2.74 bits per heavy atom. The minimum Gasteiger partial charge on any atom is -0.489 e. The predicted molar refractivity (Wildman–Crippen MR) is 110 cm³/mol. The van der Waals surface area contributed by atoms with Crippen molar-refractivity contribution < 1.29 is 9.53 Å². The van der Waals surface area contributed by atoms with Crippen molar-refractivity contribution in [3.05, 3.63) is 88.9 Å². The molecule has 27 heavy (non-hydrogen) atoms. The predicted octanol–water partition coefficient (Wildman–Crippen LogP) is 5.78. The smallest absolute Gasteiger partial charge is 0.257 e. The van der Waals surface area contributed by atoms with Crippen molar-refractivity contribution >= 4 is 44.2 Å². The highest BCUT2D eigenvalue weighted by molar-refractivity contribution is 7.22. The van der Waals surface area contributed by atoms with Crippen LogP contribution in [-0.2, 0) is 6.61 Å². The van der Waals surface area contributed by atoms with Crippen LogP contribution in [0.3, 0.4) is 0 Å². The topological polar surface area (TPSA) is 51.2 Å². The Morgan fingerprint density at radius 1 is 1.04 bits per heavy atom. The number of hydrogen-bond acceptors (Lipinski definition) is 4. The quantitative estimate of drug-likeness (QED) is 0.466. The third-order valence-electron chi connectivity index (χ3n) is 3.92. The number of ether oxygens (including phenoxy) is 1. The van der Waals surface area contributed by atoms with E-state index in [0.717, 1.165) is 15.8 Å². The molecule has 1 heterocycles. The second-order valence-corrected chi connectivity index (χ2v) is 7.35. The lowest BCUT2D eigenvalue weighted by Gasteiger charge is -2.08. The number of hydrogen-bond donors (Lipinski definition) is 1. The molecule has 0 aliphatic heterocycles. The summed E-state index contributed by atoms with van der Waals surface area (Å²) >= 11 is 7.39. The Bertz CT molecular complexity index is 1100. The van der Waals surface area contributed by atoms with Gasteiger partial charge in [0.25, 0.3) is 5.91 Å². The van der Waals surface area contributed by atoms with Gasteiger partial charge >= 0.3 is 0 Å². The standard InChI is InChI=1S/C21H15ClN2O2S/c22-16-9-10-18-19(12-16)27-21(23-18)24-20(25)15-7-4-8-17(11-15)26-13-14-5-2-1-3-6-14/h1-12H,13H2,(H,23,24,25). The van der Waals surface area contributed by atoms with E-state index >= 15 is 0 Å². The van der Waals surface area contributed by atoms with Gasteiger partial charge in [0.1, 0.15) is 12.4 Å². The van der Waals surface area contributed by atoms with E-state index in [2.05, 4.69) is 10.3 Å². The Kier molecular flexibility index (Phi) is 5.05. The molecule has 0 saturated heterocycles. The van der Waals surface area contributed by atoms with Crippen LogP contribution in [0.4, 0.5) is 5.13 Å². The summed E-state index contributed by atoms with van der Waals surface area (Å²) in [5.41, 5.74) is 2.39. The fourth-order valence-electron chi connectivity index (χ4n) is 2.59. The van der Waals surface area contributed by atoms with Crippen LogP contribution in [0, 0.1) is 0 Å². The molecule has 0 atom stereocenters. The molecule has 134 valence electrons. The van der Waals surface area contributed by atoms with Crippen molar-refractivity contribution in [3.8, 4) is 5.75 Å². The molecule has 0 saturated carbocycles. The molecule has 0 spiro atoms. The van der Waals surface area contributed by atoms with Gasteiger partial charge in [-0.2, -0.15) is 0 Å². The van der Waals surface area contributed by atoms with E-state index in [0.29, 0.717) is 28.1 Å². The van der Waals surface area contributed by atoms with Crippen LogP contribution in [0.2, 0.25) is 5.02 Å². The highest BCUT2D eigenvalue weighted by Crippen LogP contribution is 2.28. The molecular formula is C21H15ClN2O2S. The van der Waals surface area contributed by atoms with Gasteiger partial charge in [-0.05, 0) is 42.0 Å². The fourth-order valence-corrected chi connectivity index (χ4v) is 3.73.